The number of halogens is 2. The first-order chi connectivity index (χ1) is 8.52. The van der Waals surface area contributed by atoms with Gasteiger partial charge >= 0.3 is 0 Å². The van der Waals surface area contributed by atoms with E-state index in [9.17, 15) is 4.79 Å². The number of nitrogen functional groups attached to an aromatic ring is 1. The van der Waals surface area contributed by atoms with Gasteiger partial charge in [0.2, 0.25) is 5.91 Å². The van der Waals surface area contributed by atoms with Crippen LogP contribution in [0.5, 0.6) is 0 Å². The van der Waals surface area contributed by atoms with Crippen molar-refractivity contribution in [3.8, 4) is 0 Å². The third-order valence-corrected chi connectivity index (χ3v) is 3.50. The van der Waals surface area contributed by atoms with Crippen LogP contribution in [-0.4, -0.2) is 24.0 Å². The van der Waals surface area contributed by atoms with Gasteiger partial charge in [-0.1, -0.05) is 23.2 Å². The fraction of sp³-hybridized carbons (Fsp3) is 0.400. The fourth-order valence-corrected chi connectivity index (χ4v) is 2.50. The van der Waals surface area contributed by atoms with Crippen molar-refractivity contribution in [3.05, 3.63) is 16.1 Å². The minimum absolute atomic E-state index is 0.173. The Morgan fingerprint density at radius 2 is 2.22 bits per heavy atom. The van der Waals surface area contributed by atoms with Crippen molar-refractivity contribution in [2.75, 3.05) is 23.4 Å². The maximum absolute atomic E-state index is 11.1. The quantitative estimate of drug-likeness (QED) is 0.569. The monoisotopic (exact) mass is 289 g/mol. The third kappa shape index (κ3) is 2.45. The van der Waals surface area contributed by atoms with Crippen molar-refractivity contribution in [1.29, 1.82) is 0 Å². The second-order valence-corrected chi connectivity index (χ2v) is 4.92. The molecule has 0 spiro atoms. The SMILES string of the molecule is NNc1nc(N2CCC(C(N)=O)C2)c(Cl)cc1Cl. The molecule has 1 aromatic heterocycles. The van der Waals surface area contributed by atoms with E-state index >= 15 is 0 Å². The number of anilines is 2. The van der Waals surface area contributed by atoms with Crippen LogP contribution in [0.25, 0.3) is 0 Å². The average Bonchev–Trinajstić information content (AvgIpc) is 2.78. The second-order valence-electron chi connectivity index (χ2n) is 4.10. The normalized spacial score (nSPS) is 19.1. The summed E-state index contributed by atoms with van der Waals surface area (Å²) in [7, 11) is 0. The summed E-state index contributed by atoms with van der Waals surface area (Å²) in [5, 5.41) is 0.765. The number of hydrogen-bond acceptors (Lipinski definition) is 5. The van der Waals surface area contributed by atoms with Crippen molar-refractivity contribution in [2.45, 2.75) is 6.42 Å². The van der Waals surface area contributed by atoms with Crippen LogP contribution in [0.1, 0.15) is 6.42 Å². The molecule has 1 unspecified atom stereocenters. The van der Waals surface area contributed by atoms with Gasteiger partial charge < -0.3 is 16.1 Å². The van der Waals surface area contributed by atoms with Crippen LogP contribution in [0.2, 0.25) is 10.0 Å². The van der Waals surface area contributed by atoms with Crippen molar-refractivity contribution < 1.29 is 4.79 Å². The fourth-order valence-electron chi connectivity index (χ4n) is 1.96. The summed E-state index contributed by atoms with van der Waals surface area (Å²) in [5.74, 6) is 5.73. The standard InChI is InChI=1S/C10H13Cl2N5O/c11-6-3-7(12)10(15-9(6)16-14)17-2-1-5(4-17)8(13)18/h3,5H,1-2,4,14H2,(H2,13,18)(H,15,16). The summed E-state index contributed by atoms with van der Waals surface area (Å²) < 4.78 is 0. The molecule has 0 radical (unpaired) electrons. The van der Waals surface area contributed by atoms with Crippen LogP contribution in [-0.2, 0) is 4.79 Å². The van der Waals surface area contributed by atoms with Gasteiger partial charge in [0.25, 0.3) is 0 Å². The Labute approximate surface area is 114 Å². The molecule has 5 N–H and O–H groups in total. The van der Waals surface area contributed by atoms with Gasteiger partial charge in [-0.3, -0.25) is 4.79 Å². The summed E-state index contributed by atoms with van der Waals surface area (Å²) in [5.41, 5.74) is 7.68. The Hall–Kier alpha value is -1.24. The lowest BCUT2D eigenvalue weighted by Gasteiger charge is -2.19. The van der Waals surface area contributed by atoms with Gasteiger partial charge in [0.1, 0.15) is 5.82 Å². The maximum atomic E-state index is 11.1. The number of carbonyl (C=O) groups is 1. The minimum atomic E-state index is -0.306. The zero-order chi connectivity index (χ0) is 13.3. The van der Waals surface area contributed by atoms with Crippen LogP contribution < -0.4 is 21.9 Å². The van der Waals surface area contributed by atoms with Crippen LogP contribution in [0.15, 0.2) is 6.07 Å². The van der Waals surface area contributed by atoms with E-state index in [1.54, 1.807) is 6.07 Å². The molecule has 1 atom stereocenters. The van der Waals surface area contributed by atoms with E-state index < -0.39 is 0 Å². The van der Waals surface area contributed by atoms with Crippen molar-refractivity contribution in [1.82, 2.24) is 4.98 Å². The van der Waals surface area contributed by atoms with E-state index in [0.29, 0.717) is 41.2 Å². The van der Waals surface area contributed by atoms with Crippen molar-refractivity contribution >= 4 is 40.7 Å². The summed E-state index contributed by atoms with van der Waals surface area (Å²) >= 11 is 12.0. The maximum Gasteiger partial charge on any atom is 0.222 e. The number of amides is 1. The van der Waals surface area contributed by atoms with Crippen molar-refractivity contribution in [3.63, 3.8) is 0 Å². The van der Waals surface area contributed by atoms with E-state index in [2.05, 4.69) is 10.4 Å². The first-order valence-electron chi connectivity index (χ1n) is 5.40. The first-order valence-corrected chi connectivity index (χ1v) is 6.15. The van der Waals surface area contributed by atoms with E-state index in [1.165, 1.54) is 0 Å². The van der Waals surface area contributed by atoms with Crippen molar-refractivity contribution in [2.24, 2.45) is 17.5 Å². The predicted octanol–water partition coefficient (Wildman–Crippen LogP) is 0.986. The van der Waals surface area contributed by atoms with Crippen LogP contribution in [0.4, 0.5) is 11.6 Å². The summed E-state index contributed by atoms with van der Waals surface area (Å²) in [6.07, 6.45) is 0.696. The van der Waals surface area contributed by atoms with E-state index in [0.717, 1.165) is 0 Å². The molecular formula is C10H13Cl2N5O. The summed E-state index contributed by atoms with van der Waals surface area (Å²) in [6, 6.07) is 1.57. The first kappa shape index (κ1) is 13.2. The number of rotatable bonds is 3. The Morgan fingerprint density at radius 3 is 2.78 bits per heavy atom. The molecule has 1 aliphatic heterocycles. The number of primary amides is 1. The highest BCUT2D eigenvalue weighted by molar-refractivity contribution is 6.37. The Morgan fingerprint density at radius 1 is 1.50 bits per heavy atom. The van der Waals surface area contributed by atoms with Gasteiger partial charge in [-0.05, 0) is 12.5 Å². The highest BCUT2D eigenvalue weighted by Gasteiger charge is 2.29. The lowest BCUT2D eigenvalue weighted by molar-refractivity contribution is -0.121. The molecule has 6 nitrogen and oxygen atoms in total. The summed E-state index contributed by atoms with van der Waals surface area (Å²) in [6.45, 7) is 1.18. The molecule has 0 saturated carbocycles. The number of pyridine rings is 1. The van der Waals surface area contributed by atoms with Crippen LogP contribution in [0.3, 0.4) is 0 Å². The number of nitrogens with two attached hydrogens (primary N) is 2. The molecule has 1 aromatic rings. The lowest BCUT2D eigenvalue weighted by Crippen LogP contribution is -2.28. The molecule has 2 rings (SSSR count). The molecule has 1 aliphatic rings. The van der Waals surface area contributed by atoms with Gasteiger partial charge in [-0.25, -0.2) is 10.8 Å². The predicted molar refractivity (Wildman–Crippen MR) is 71.6 cm³/mol. The van der Waals surface area contributed by atoms with Gasteiger partial charge in [0, 0.05) is 13.1 Å². The Balaban J connectivity index is 2.26. The average molecular weight is 290 g/mol. The number of nitrogens with one attached hydrogen (secondary N) is 1. The molecule has 2 heterocycles. The number of hydrogen-bond donors (Lipinski definition) is 3. The zero-order valence-electron chi connectivity index (χ0n) is 9.49. The smallest absolute Gasteiger partial charge is 0.222 e. The molecular weight excluding hydrogens is 277 g/mol. The number of nitrogens with zero attached hydrogens (tertiary/aromatic N) is 2. The van der Waals surface area contributed by atoms with Gasteiger partial charge in [0.15, 0.2) is 5.82 Å². The topological polar surface area (TPSA) is 97.3 Å². The molecule has 0 aliphatic carbocycles. The molecule has 1 fully saturated rings. The van der Waals surface area contributed by atoms with Gasteiger partial charge in [-0.2, -0.15) is 0 Å². The number of hydrazine groups is 1. The largest absolute Gasteiger partial charge is 0.369 e. The Kier molecular flexibility index (Phi) is 3.79. The lowest BCUT2D eigenvalue weighted by atomic mass is 10.1. The highest BCUT2D eigenvalue weighted by Crippen LogP contribution is 2.33. The molecule has 8 heteroatoms. The molecule has 0 bridgehead atoms. The number of aromatic nitrogens is 1. The number of carbonyl (C=O) groups excluding carboxylic acids is 1. The van der Waals surface area contributed by atoms with Crippen LogP contribution >= 0.6 is 23.2 Å². The Bertz CT molecular complexity index is 482. The van der Waals surface area contributed by atoms with Gasteiger partial charge in [-0.15, -0.1) is 0 Å². The molecule has 18 heavy (non-hydrogen) atoms. The summed E-state index contributed by atoms with van der Waals surface area (Å²) in [4.78, 5) is 17.3. The second kappa shape index (κ2) is 5.17. The van der Waals surface area contributed by atoms with E-state index in [-0.39, 0.29) is 11.8 Å². The van der Waals surface area contributed by atoms with E-state index in [4.69, 9.17) is 34.8 Å². The third-order valence-electron chi connectivity index (χ3n) is 2.94. The van der Waals surface area contributed by atoms with Gasteiger partial charge in [0.05, 0.1) is 16.0 Å². The zero-order valence-corrected chi connectivity index (χ0v) is 11.0. The minimum Gasteiger partial charge on any atom is -0.369 e. The molecule has 1 amide bonds. The molecule has 0 aromatic carbocycles. The van der Waals surface area contributed by atoms with E-state index in [1.807, 2.05) is 4.90 Å². The van der Waals surface area contributed by atoms with Crippen LogP contribution in [0, 0.1) is 5.92 Å². The molecule has 98 valence electrons. The highest BCUT2D eigenvalue weighted by atomic mass is 35.5. The molecule has 1 saturated heterocycles.